The molecule has 0 radical (unpaired) electrons. The van der Waals surface area contributed by atoms with E-state index in [0.29, 0.717) is 11.4 Å². The highest BCUT2D eigenvalue weighted by molar-refractivity contribution is 6.03. The second-order valence-corrected chi connectivity index (χ2v) is 5.98. The molecular formula is C22H20N2O3. The molecule has 3 rings (SSSR count). The van der Waals surface area contributed by atoms with Crippen LogP contribution in [-0.2, 0) is 9.59 Å². The minimum atomic E-state index is -0.406. The van der Waals surface area contributed by atoms with Gasteiger partial charge in [0.15, 0.2) is 0 Å². The third-order valence-corrected chi connectivity index (χ3v) is 3.98. The zero-order valence-electron chi connectivity index (χ0n) is 14.7. The van der Waals surface area contributed by atoms with Gasteiger partial charge in [-0.15, -0.1) is 0 Å². The number of ether oxygens (including phenoxy) is 1. The fraction of sp³-hybridized carbons (Fsp3) is 0.0909. The van der Waals surface area contributed by atoms with Crippen molar-refractivity contribution in [1.82, 2.24) is 0 Å². The third kappa shape index (κ3) is 5.19. The predicted octanol–water partition coefficient (Wildman–Crippen LogP) is 3.75. The molecule has 5 heteroatoms. The normalized spacial score (nSPS) is 10.8. The Bertz CT molecular complexity index is 973. The Morgan fingerprint density at radius 2 is 1.70 bits per heavy atom. The number of carbonyl (C=O) groups is 2. The van der Waals surface area contributed by atoms with Crippen molar-refractivity contribution < 1.29 is 14.3 Å². The van der Waals surface area contributed by atoms with Gasteiger partial charge in [0.05, 0.1) is 13.0 Å². The first kappa shape index (κ1) is 18.2. The van der Waals surface area contributed by atoms with Crippen LogP contribution in [0.15, 0.2) is 72.8 Å². The van der Waals surface area contributed by atoms with Crippen molar-refractivity contribution in [3.05, 3.63) is 78.4 Å². The quantitative estimate of drug-likeness (QED) is 0.630. The van der Waals surface area contributed by atoms with Crippen molar-refractivity contribution in [2.24, 2.45) is 5.73 Å². The van der Waals surface area contributed by atoms with Gasteiger partial charge >= 0.3 is 0 Å². The molecule has 0 fully saturated rings. The lowest BCUT2D eigenvalue weighted by Gasteiger charge is -2.07. The van der Waals surface area contributed by atoms with Crippen molar-refractivity contribution >= 4 is 34.4 Å². The summed E-state index contributed by atoms with van der Waals surface area (Å²) in [6.45, 7) is 0.231. The Balaban J connectivity index is 1.60. The topological polar surface area (TPSA) is 81.4 Å². The summed E-state index contributed by atoms with van der Waals surface area (Å²) in [6, 6.07) is 21.0. The molecule has 3 aromatic rings. The maximum atomic E-state index is 12.2. The lowest BCUT2D eigenvalue weighted by atomic mass is 10.0. The molecule has 0 spiro atoms. The van der Waals surface area contributed by atoms with Crippen molar-refractivity contribution in [1.29, 1.82) is 0 Å². The molecule has 5 nitrogen and oxygen atoms in total. The van der Waals surface area contributed by atoms with Gasteiger partial charge < -0.3 is 15.8 Å². The van der Waals surface area contributed by atoms with Gasteiger partial charge in [0.2, 0.25) is 11.8 Å². The van der Waals surface area contributed by atoms with Crippen LogP contribution in [0, 0.1) is 0 Å². The molecule has 2 amide bonds. The van der Waals surface area contributed by atoms with Crippen LogP contribution in [0.4, 0.5) is 5.69 Å². The monoisotopic (exact) mass is 360 g/mol. The molecule has 0 saturated heterocycles. The number of amides is 2. The zero-order chi connectivity index (χ0) is 19.1. The fourth-order valence-electron chi connectivity index (χ4n) is 2.65. The number of hydrogen-bond acceptors (Lipinski definition) is 3. The summed E-state index contributed by atoms with van der Waals surface area (Å²) >= 11 is 0. The Morgan fingerprint density at radius 1 is 0.963 bits per heavy atom. The first-order chi connectivity index (χ1) is 13.1. The zero-order valence-corrected chi connectivity index (χ0v) is 14.7. The van der Waals surface area contributed by atoms with E-state index in [4.69, 9.17) is 10.5 Å². The number of nitrogens with one attached hydrogen (secondary N) is 1. The van der Waals surface area contributed by atoms with E-state index >= 15 is 0 Å². The molecular weight excluding hydrogens is 340 g/mol. The van der Waals surface area contributed by atoms with Crippen molar-refractivity contribution in [3.8, 4) is 5.75 Å². The van der Waals surface area contributed by atoms with Crippen molar-refractivity contribution in [2.75, 3.05) is 11.9 Å². The van der Waals surface area contributed by atoms with E-state index in [1.807, 2.05) is 42.5 Å². The molecule has 0 aliphatic heterocycles. The van der Waals surface area contributed by atoms with Gasteiger partial charge in [0.1, 0.15) is 5.75 Å². The average Bonchev–Trinajstić information content (AvgIpc) is 2.67. The first-order valence-corrected chi connectivity index (χ1v) is 8.60. The van der Waals surface area contributed by atoms with Crippen LogP contribution in [0.25, 0.3) is 16.8 Å². The molecule has 0 unspecified atom stereocenters. The van der Waals surface area contributed by atoms with Crippen molar-refractivity contribution in [2.45, 2.75) is 6.42 Å². The number of fused-ring (bicyclic) bond motifs is 1. The summed E-state index contributed by atoms with van der Waals surface area (Å²) in [5.74, 6) is -0.0113. The molecule has 0 aliphatic rings. The number of hydrogen-bond donors (Lipinski definition) is 2. The summed E-state index contributed by atoms with van der Waals surface area (Å²) in [5, 5.41) is 5.04. The van der Waals surface area contributed by atoms with Crippen LogP contribution < -0.4 is 15.8 Å². The van der Waals surface area contributed by atoms with Crippen LogP contribution in [-0.4, -0.2) is 18.4 Å². The Morgan fingerprint density at radius 3 is 2.48 bits per heavy atom. The van der Waals surface area contributed by atoms with E-state index in [2.05, 4.69) is 5.32 Å². The molecule has 0 heterocycles. The van der Waals surface area contributed by atoms with E-state index < -0.39 is 5.91 Å². The maximum absolute atomic E-state index is 12.2. The van der Waals surface area contributed by atoms with Gasteiger partial charge in [-0.1, -0.05) is 42.5 Å². The van der Waals surface area contributed by atoms with Gasteiger partial charge in [-0.05, 0) is 46.7 Å². The number of nitrogens with two attached hydrogens (primary N) is 1. The average molecular weight is 360 g/mol. The van der Waals surface area contributed by atoms with E-state index in [1.54, 1.807) is 30.3 Å². The summed E-state index contributed by atoms with van der Waals surface area (Å²) in [5.41, 5.74) is 6.71. The van der Waals surface area contributed by atoms with Gasteiger partial charge in [-0.3, -0.25) is 9.59 Å². The van der Waals surface area contributed by atoms with Crippen LogP contribution in [0.3, 0.4) is 0 Å². The molecule has 3 N–H and O–H groups in total. The lowest BCUT2D eigenvalue weighted by molar-refractivity contribution is -0.118. The van der Waals surface area contributed by atoms with E-state index in [0.717, 1.165) is 16.3 Å². The number of carbonyl (C=O) groups excluding carboxylic acids is 2. The van der Waals surface area contributed by atoms with E-state index in [-0.39, 0.29) is 18.9 Å². The predicted molar refractivity (Wildman–Crippen MR) is 107 cm³/mol. The smallest absolute Gasteiger partial charge is 0.248 e. The van der Waals surface area contributed by atoms with Crippen LogP contribution in [0.1, 0.15) is 12.0 Å². The molecule has 0 aliphatic carbocycles. The summed E-state index contributed by atoms with van der Waals surface area (Å²) in [6.07, 6.45) is 3.48. The van der Waals surface area contributed by atoms with Gasteiger partial charge in [0, 0.05) is 11.8 Å². The molecule has 136 valence electrons. The third-order valence-electron chi connectivity index (χ3n) is 3.98. The number of benzene rings is 3. The lowest BCUT2D eigenvalue weighted by Crippen LogP contribution is -2.14. The van der Waals surface area contributed by atoms with Gasteiger partial charge in [-0.2, -0.15) is 0 Å². The highest BCUT2D eigenvalue weighted by Crippen LogP contribution is 2.20. The van der Waals surface area contributed by atoms with Crippen molar-refractivity contribution in [3.63, 3.8) is 0 Å². The molecule has 0 saturated carbocycles. The Kier molecular flexibility index (Phi) is 5.84. The van der Waals surface area contributed by atoms with Crippen LogP contribution in [0.2, 0.25) is 0 Å². The molecule has 3 aromatic carbocycles. The highest BCUT2D eigenvalue weighted by atomic mass is 16.5. The number of rotatable bonds is 7. The maximum Gasteiger partial charge on any atom is 0.248 e. The summed E-state index contributed by atoms with van der Waals surface area (Å²) in [4.78, 5) is 22.9. The van der Waals surface area contributed by atoms with Gasteiger partial charge in [0.25, 0.3) is 0 Å². The summed E-state index contributed by atoms with van der Waals surface area (Å²) in [7, 11) is 0. The summed E-state index contributed by atoms with van der Waals surface area (Å²) < 4.78 is 5.40. The Labute approximate surface area is 157 Å². The SMILES string of the molecule is NC(=O)CCOc1ccc(NC(=O)C=Cc2cccc3ccccc23)cc1. The second-order valence-electron chi connectivity index (χ2n) is 5.98. The minimum Gasteiger partial charge on any atom is -0.493 e. The Hall–Kier alpha value is -3.60. The van der Waals surface area contributed by atoms with E-state index in [9.17, 15) is 9.59 Å². The van der Waals surface area contributed by atoms with Crippen LogP contribution >= 0.6 is 0 Å². The largest absolute Gasteiger partial charge is 0.493 e. The molecule has 27 heavy (non-hydrogen) atoms. The van der Waals surface area contributed by atoms with E-state index in [1.165, 1.54) is 6.08 Å². The second kappa shape index (κ2) is 8.67. The minimum absolute atomic E-state index is 0.164. The first-order valence-electron chi connectivity index (χ1n) is 8.60. The number of anilines is 1. The van der Waals surface area contributed by atoms with Crippen LogP contribution in [0.5, 0.6) is 5.75 Å². The molecule has 0 bridgehead atoms. The number of primary amides is 1. The fourth-order valence-corrected chi connectivity index (χ4v) is 2.65. The molecule has 0 atom stereocenters. The van der Waals surface area contributed by atoms with Gasteiger partial charge in [-0.25, -0.2) is 0 Å². The standard InChI is InChI=1S/C22H20N2O3/c23-21(25)14-15-27-19-11-9-18(10-12-19)24-22(26)13-8-17-6-3-5-16-4-1-2-7-20(16)17/h1-13H,14-15H2,(H2,23,25)(H,24,26). The molecule has 0 aromatic heterocycles. The highest BCUT2D eigenvalue weighted by Gasteiger charge is 2.01.